The number of carbonyl (C=O) groups excluding carboxylic acids is 2. The molecule has 4 unspecified atom stereocenters. The van der Waals surface area contributed by atoms with Gasteiger partial charge in [0.2, 0.25) is 0 Å². The third-order valence-corrected chi connectivity index (χ3v) is 11.0. The number of Topliss-reactive ketones (excluding diaryl/α,β-unsaturated/α-hetero) is 1. The van der Waals surface area contributed by atoms with Gasteiger partial charge in [-0.1, -0.05) is 19.9 Å². The van der Waals surface area contributed by atoms with E-state index in [4.69, 9.17) is 28.3 Å². The highest BCUT2D eigenvalue weighted by Crippen LogP contribution is 2.74. The molecule has 0 aliphatic heterocycles. The zero-order valence-electron chi connectivity index (χ0n) is 19.8. The average Bonchev–Trinajstić information content (AvgIpc) is 2.97. The highest BCUT2D eigenvalue weighted by molar-refractivity contribution is 6.34. The molecule has 3 fully saturated rings. The van der Waals surface area contributed by atoms with Crippen LogP contribution in [0.2, 0.25) is 0 Å². The molecule has 0 aromatic rings. The molecule has 0 aromatic carbocycles. The third-order valence-electron chi connectivity index (χ3n) is 9.50. The second-order valence-electron chi connectivity index (χ2n) is 11.1. The number of hydrogen-bond donors (Lipinski definition) is 4. The van der Waals surface area contributed by atoms with Crippen LogP contribution in [0.1, 0.15) is 46.0 Å². The number of aliphatic hydroxyl groups excluding tert-OH is 2. The maximum absolute atomic E-state index is 15.6. The summed E-state index contributed by atoms with van der Waals surface area (Å²) in [4.78, 5) is 47.4. The lowest BCUT2D eigenvalue weighted by molar-refractivity contribution is -0.162. The second kappa shape index (κ2) is 8.61. The molecule has 11 heteroatoms. The Bertz CT molecular complexity index is 1090. The number of aliphatic hydroxyl groups is 2. The number of fused-ring (bicyclic) bond motifs is 5. The second-order valence-corrected chi connectivity index (χ2v) is 12.3. The van der Waals surface area contributed by atoms with Crippen molar-refractivity contribution in [2.75, 3.05) is 0 Å². The Balaban J connectivity index is 1.87. The number of carboxylic acid groups (broad SMARTS) is 2. The van der Waals surface area contributed by atoms with E-state index >= 15 is 4.39 Å². The maximum Gasteiger partial charge on any atom is 0.306 e. The minimum Gasteiger partial charge on any atom is -0.481 e. The SMILES string of the molecule is C[C@]12C=CC(=O)C=C1[C@H](F)C[C@H]1[C@@H]3C(O)CC(CC(=O)O)(C(=O)C(O)CC(=O)O)[C@@]3(C)C[C@H](Cl)C12Cl. The first-order valence-electron chi connectivity index (χ1n) is 11.8. The van der Waals surface area contributed by atoms with Gasteiger partial charge in [-0.05, 0) is 54.2 Å². The smallest absolute Gasteiger partial charge is 0.306 e. The van der Waals surface area contributed by atoms with Gasteiger partial charge in [0, 0.05) is 5.41 Å². The average molecular weight is 547 g/mol. The Kier molecular flexibility index (Phi) is 6.51. The number of allylic oxidation sites excluding steroid dienone is 4. The topological polar surface area (TPSA) is 149 Å². The highest BCUT2D eigenvalue weighted by Gasteiger charge is 2.76. The van der Waals surface area contributed by atoms with Crippen LogP contribution in [0.15, 0.2) is 23.8 Å². The van der Waals surface area contributed by atoms with Gasteiger partial charge in [0.1, 0.15) is 12.3 Å². The molecule has 198 valence electrons. The van der Waals surface area contributed by atoms with Crippen LogP contribution in [0.5, 0.6) is 0 Å². The van der Waals surface area contributed by atoms with Crippen molar-refractivity contribution in [3.05, 3.63) is 23.8 Å². The number of hydrogen-bond acceptors (Lipinski definition) is 6. The summed E-state index contributed by atoms with van der Waals surface area (Å²) < 4.78 is 15.6. The zero-order valence-corrected chi connectivity index (χ0v) is 21.3. The Morgan fingerprint density at radius 3 is 2.42 bits per heavy atom. The van der Waals surface area contributed by atoms with E-state index in [0.29, 0.717) is 0 Å². The Morgan fingerprint density at radius 1 is 1.19 bits per heavy atom. The summed E-state index contributed by atoms with van der Waals surface area (Å²) in [6.45, 7) is 3.27. The predicted octanol–water partition coefficient (Wildman–Crippen LogP) is 2.66. The predicted molar refractivity (Wildman–Crippen MR) is 126 cm³/mol. The molecule has 0 radical (unpaired) electrons. The van der Waals surface area contributed by atoms with Crippen molar-refractivity contribution < 1.29 is 44.0 Å². The van der Waals surface area contributed by atoms with Crippen molar-refractivity contribution in [1.29, 1.82) is 0 Å². The lowest BCUT2D eigenvalue weighted by atomic mass is 9.44. The molecule has 0 amide bonds. The standard InChI is InChI=1S/C25H29Cl2FO8/c1-22-4-3-11(29)5-12(22)14(28)6-13-20-16(31)8-24(10-19(34)35,21(36)15(30)7-18(32)33)23(20,2)9-17(26)25(13,22)27/h3-5,13-17,20,30-31H,6-10H2,1-2H3,(H,32,33)(H,34,35)/t13-,14+,15?,16?,17-,20+,22-,23-,24?,25?/m0/s1. The lowest BCUT2D eigenvalue weighted by Gasteiger charge is -2.65. The van der Waals surface area contributed by atoms with Gasteiger partial charge < -0.3 is 20.4 Å². The van der Waals surface area contributed by atoms with Crippen molar-refractivity contribution in [3.8, 4) is 0 Å². The molecule has 36 heavy (non-hydrogen) atoms. The molecule has 3 saturated carbocycles. The number of ketones is 2. The van der Waals surface area contributed by atoms with Crippen LogP contribution in [-0.4, -0.2) is 72.6 Å². The molecule has 0 bridgehead atoms. The van der Waals surface area contributed by atoms with Gasteiger partial charge in [0.05, 0.1) is 34.6 Å². The number of rotatable bonds is 6. The molecule has 4 rings (SSSR count). The van der Waals surface area contributed by atoms with Crippen LogP contribution in [0.3, 0.4) is 0 Å². The van der Waals surface area contributed by atoms with Gasteiger partial charge in [-0.25, -0.2) is 4.39 Å². The van der Waals surface area contributed by atoms with E-state index < -0.39 is 87.3 Å². The van der Waals surface area contributed by atoms with Crippen LogP contribution >= 0.6 is 23.2 Å². The van der Waals surface area contributed by atoms with Gasteiger partial charge in [0.15, 0.2) is 11.6 Å². The first-order valence-corrected chi connectivity index (χ1v) is 12.6. The summed E-state index contributed by atoms with van der Waals surface area (Å²) in [5.41, 5.74) is -4.21. The normalized spacial score (nSPS) is 46.2. The Morgan fingerprint density at radius 2 is 1.83 bits per heavy atom. The molecule has 0 aromatic heterocycles. The molecule has 0 saturated heterocycles. The van der Waals surface area contributed by atoms with E-state index in [1.807, 2.05) is 0 Å². The molecule has 4 N–H and O–H groups in total. The molecule has 10 atom stereocenters. The largest absolute Gasteiger partial charge is 0.481 e. The van der Waals surface area contributed by atoms with Crippen molar-refractivity contribution >= 4 is 46.7 Å². The van der Waals surface area contributed by atoms with E-state index in [1.54, 1.807) is 13.8 Å². The summed E-state index contributed by atoms with van der Waals surface area (Å²) in [6, 6.07) is 0. The Hall–Kier alpha value is -1.81. The van der Waals surface area contributed by atoms with E-state index in [-0.39, 0.29) is 30.6 Å². The molecule has 4 aliphatic rings. The molecule has 8 nitrogen and oxygen atoms in total. The highest BCUT2D eigenvalue weighted by atomic mass is 35.5. The molecular weight excluding hydrogens is 518 g/mol. The van der Waals surface area contributed by atoms with E-state index in [0.717, 1.165) is 0 Å². The fourth-order valence-corrected chi connectivity index (χ4v) is 9.12. The number of aliphatic carboxylic acids is 2. The van der Waals surface area contributed by atoms with E-state index in [1.165, 1.54) is 18.2 Å². The first-order chi connectivity index (χ1) is 16.5. The van der Waals surface area contributed by atoms with Gasteiger partial charge in [-0.15, -0.1) is 23.2 Å². The third kappa shape index (κ3) is 3.46. The number of halogens is 3. The summed E-state index contributed by atoms with van der Waals surface area (Å²) in [6.07, 6.45) is -3.18. The number of carboxylic acids is 2. The minimum atomic E-state index is -2.00. The van der Waals surface area contributed by atoms with Crippen molar-refractivity contribution in [2.24, 2.45) is 28.1 Å². The molecule has 4 aliphatic carbocycles. The van der Waals surface area contributed by atoms with Gasteiger partial charge in [0.25, 0.3) is 0 Å². The van der Waals surface area contributed by atoms with Crippen LogP contribution in [0, 0.1) is 28.1 Å². The van der Waals surface area contributed by atoms with Crippen LogP contribution in [0.25, 0.3) is 0 Å². The van der Waals surface area contributed by atoms with Crippen molar-refractivity contribution in [2.45, 2.75) is 74.6 Å². The van der Waals surface area contributed by atoms with Gasteiger partial charge in [-0.2, -0.15) is 0 Å². The zero-order chi connectivity index (χ0) is 27.0. The van der Waals surface area contributed by atoms with E-state index in [2.05, 4.69) is 0 Å². The van der Waals surface area contributed by atoms with Crippen molar-refractivity contribution in [3.63, 3.8) is 0 Å². The number of carbonyl (C=O) groups is 4. The summed E-state index contributed by atoms with van der Waals surface area (Å²) in [5, 5.41) is 39.7. The van der Waals surface area contributed by atoms with E-state index in [9.17, 15) is 34.5 Å². The van der Waals surface area contributed by atoms with Crippen molar-refractivity contribution in [1.82, 2.24) is 0 Å². The summed E-state index contributed by atoms with van der Waals surface area (Å²) in [7, 11) is 0. The van der Waals surface area contributed by atoms with Crippen LogP contribution in [-0.2, 0) is 19.2 Å². The summed E-state index contributed by atoms with van der Waals surface area (Å²) >= 11 is 14.3. The molecular formula is C25H29Cl2FO8. The fourth-order valence-electron chi connectivity index (χ4n) is 7.94. The molecule has 0 spiro atoms. The maximum atomic E-state index is 15.6. The van der Waals surface area contributed by atoms with Crippen LogP contribution < -0.4 is 0 Å². The first kappa shape index (κ1) is 27.2. The number of alkyl halides is 3. The Labute approximate surface area is 217 Å². The monoisotopic (exact) mass is 546 g/mol. The lowest BCUT2D eigenvalue weighted by Crippen LogP contribution is -2.68. The van der Waals surface area contributed by atoms with Crippen LogP contribution in [0.4, 0.5) is 4.39 Å². The minimum absolute atomic E-state index is 0.0588. The van der Waals surface area contributed by atoms with Gasteiger partial charge >= 0.3 is 11.9 Å². The van der Waals surface area contributed by atoms with Gasteiger partial charge in [-0.3, -0.25) is 19.2 Å². The fraction of sp³-hybridized carbons (Fsp3) is 0.680. The quantitative estimate of drug-likeness (QED) is 0.371. The molecule has 0 heterocycles. The summed E-state index contributed by atoms with van der Waals surface area (Å²) in [5.74, 6) is -5.90.